The lowest BCUT2D eigenvalue weighted by molar-refractivity contribution is -0.0407. The fraction of sp³-hybridized carbons (Fsp3) is 0.538. The zero-order valence-corrected chi connectivity index (χ0v) is 10.9. The topological polar surface area (TPSA) is 32.7 Å². The van der Waals surface area contributed by atoms with Crippen molar-refractivity contribution in [2.24, 2.45) is 0 Å². The highest BCUT2D eigenvalue weighted by Gasteiger charge is 2.20. The number of rotatable bonds is 4. The van der Waals surface area contributed by atoms with Crippen molar-refractivity contribution in [3.8, 4) is 0 Å². The zero-order valence-electron chi connectivity index (χ0n) is 10.1. The van der Waals surface area contributed by atoms with Gasteiger partial charge >= 0.3 is 0 Å². The number of benzene rings is 1. The molecule has 1 aliphatic heterocycles. The van der Waals surface area contributed by atoms with Crippen molar-refractivity contribution in [3.63, 3.8) is 0 Å². The Balaban J connectivity index is 1.95. The Morgan fingerprint density at radius 3 is 3.00 bits per heavy atom. The lowest BCUT2D eigenvalue weighted by Crippen LogP contribution is -2.42. The molecule has 0 radical (unpaired) electrons. The molecule has 0 aromatic heterocycles. The SMILES string of the molecule is OCC[C@@H]1CN(Cc2cc(F)cc(Cl)c2)CCO1. The Hall–Kier alpha value is -0.680. The van der Waals surface area contributed by atoms with E-state index in [-0.39, 0.29) is 18.5 Å². The lowest BCUT2D eigenvalue weighted by atomic mass is 10.1. The van der Waals surface area contributed by atoms with Crippen LogP contribution in [0.4, 0.5) is 4.39 Å². The van der Waals surface area contributed by atoms with Crippen LogP contribution >= 0.6 is 11.6 Å². The number of hydrogen-bond donors (Lipinski definition) is 1. The Kier molecular flexibility index (Phi) is 4.95. The van der Waals surface area contributed by atoms with Gasteiger partial charge in [0.2, 0.25) is 0 Å². The quantitative estimate of drug-likeness (QED) is 0.912. The van der Waals surface area contributed by atoms with Crippen LogP contribution in [0.15, 0.2) is 18.2 Å². The summed E-state index contributed by atoms with van der Waals surface area (Å²) in [5.41, 5.74) is 0.865. The maximum atomic E-state index is 13.2. The molecule has 0 spiro atoms. The van der Waals surface area contributed by atoms with Crippen LogP contribution in [0.2, 0.25) is 5.02 Å². The second-order valence-corrected chi connectivity index (χ2v) is 4.95. The van der Waals surface area contributed by atoms with Crippen LogP contribution < -0.4 is 0 Å². The van der Waals surface area contributed by atoms with Gasteiger partial charge in [-0.3, -0.25) is 4.90 Å². The molecule has 0 aliphatic carbocycles. The van der Waals surface area contributed by atoms with Crippen molar-refractivity contribution in [1.82, 2.24) is 4.90 Å². The van der Waals surface area contributed by atoms with Crippen LogP contribution in [0, 0.1) is 5.82 Å². The van der Waals surface area contributed by atoms with Crippen molar-refractivity contribution >= 4 is 11.6 Å². The third kappa shape index (κ3) is 3.92. The van der Waals surface area contributed by atoms with E-state index in [1.807, 2.05) is 0 Å². The van der Waals surface area contributed by atoms with E-state index in [2.05, 4.69) is 4.90 Å². The number of hydrogen-bond acceptors (Lipinski definition) is 3. The molecule has 100 valence electrons. The standard InChI is InChI=1S/C13H17ClFNO2/c14-11-5-10(6-12(15)7-11)8-16-2-4-18-13(9-16)1-3-17/h5-7,13,17H,1-4,8-9H2/t13-/m1/s1. The molecular weight excluding hydrogens is 257 g/mol. The fourth-order valence-electron chi connectivity index (χ4n) is 2.20. The van der Waals surface area contributed by atoms with E-state index >= 15 is 0 Å². The van der Waals surface area contributed by atoms with E-state index in [0.29, 0.717) is 24.6 Å². The molecule has 1 aromatic rings. The molecule has 1 aliphatic rings. The van der Waals surface area contributed by atoms with Gasteiger partial charge in [0.1, 0.15) is 5.82 Å². The number of ether oxygens (including phenoxy) is 1. The van der Waals surface area contributed by atoms with Crippen LogP contribution in [0.5, 0.6) is 0 Å². The van der Waals surface area contributed by atoms with Gasteiger partial charge in [-0.05, 0) is 30.2 Å². The Morgan fingerprint density at radius 1 is 1.44 bits per heavy atom. The molecule has 0 bridgehead atoms. The maximum absolute atomic E-state index is 13.2. The number of nitrogens with zero attached hydrogens (tertiary/aromatic N) is 1. The van der Waals surface area contributed by atoms with Crippen molar-refractivity contribution in [1.29, 1.82) is 0 Å². The normalized spacial score (nSPS) is 21.2. The molecule has 1 fully saturated rings. The van der Waals surface area contributed by atoms with Crippen LogP contribution in [0.3, 0.4) is 0 Å². The molecule has 18 heavy (non-hydrogen) atoms. The molecule has 0 unspecified atom stereocenters. The predicted molar refractivity (Wildman–Crippen MR) is 68.1 cm³/mol. The van der Waals surface area contributed by atoms with E-state index in [1.54, 1.807) is 6.07 Å². The fourth-order valence-corrected chi connectivity index (χ4v) is 2.45. The monoisotopic (exact) mass is 273 g/mol. The third-order valence-electron chi connectivity index (χ3n) is 3.00. The minimum absolute atomic E-state index is 0.0628. The summed E-state index contributed by atoms with van der Waals surface area (Å²) in [5, 5.41) is 9.32. The smallest absolute Gasteiger partial charge is 0.125 e. The Bertz CT molecular complexity index is 380. The largest absolute Gasteiger partial charge is 0.396 e. The summed E-state index contributed by atoms with van der Waals surface area (Å²) in [4.78, 5) is 2.19. The maximum Gasteiger partial charge on any atom is 0.125 e. The highest BCUT2D eigenvalue weighted by Crippen LogP contribution is 2.17. The molecule has 2 rings (SSSR count). The first-order chi connectivity index (χ1) is 8.67. The van der Waals surface area contributed by atoms with Crippen molar-refractivity contribution in [2.75, 3.05) is 26.3 Å². The number of aliphatic hydroxyl groups excluding tert-OH is 1. The Morgan fingerprint density at radius 2 is 2.28 bits per heavy atom. The first-order valence-electron chi connectivity index (χ1n) is 6.07. The number of aliphatic hydroxyl groups is 1. The summed E-state index contributed by atoms with van der Waals surface area (Å²) in [6.45, 7) is 3.01. The molecule has 5 heteroatoms. The second-order valence-electron chi connectivity index (χ2n) is 4.52. The van der Waals surface area contributed by atoms with E-state index in [4.69, 9.17) is 21.4 Å². The molecule has 3 nitrogen and oxygen atoms in total. The Labute approximate surface area is 111 Å². The van der Waals surface area contributed by atoms with Gasteiger partial charge in [0.25, 0.3) is 0 Å². The summed E-state index contributed by atoms with van der Waals surface area (Å²) in [7, 11) is 0. The summed E-state index contributed by atoms with van der Waals surface area (Å²) in [6.07, 6.45) is 0.702. The number of halogens is 2. The predicted octanol–water partition coefficient (Wildman–Crippen LogP) is 2.06. The van der Waals surface area contributed by atoms with Gasteiger partial charge in [0, 0.05) is 31.3 Å². The van der Waals surface area contributed by atoms with Crippen LogP contribution in [-0.4, -0.2) is 42.4 Å². The number of morpholine rings is 1. The molecule has 1 heterocycles. The average Bonchev–Trinajstić information content (AvgIpc) is 2.28. The van der Waals surface area contributed by atoms with Gasteiger partial charge in [0.15, 0.2) is 0 Å². The van der Waals surface area contributed by atoms with E-state index < -0.39 is 0 Å². The van der Waals surface area contributed by atoms with Gasteiger partial charge in [-0.2, -0.15) is 0 Å². The van der Waals surface area contributed by atoms with Crippen LogP contribution in [-0.2, 0) is 11.3 Å². The minimum atomic E-state index is -0.308. The third-order valence-corrected chi connectivity index (χ3v) is 3.22. The summed E-state index contributed by atoms with van der Waals surface area (Å²) in [6, 6.07) is 4.59. The second kappa shape index (κ2) is 6.48. The first-order valence-corrected chi connectivity index (χ1v) is 6.45. The molecule has 0 saturated carbocycles. The summed E-state index contributed by atoms with van der Waals surface area (Å²) in [5.74, 6) is -0.308. The molecule has 1 aromatic carbocycles. The van der Waals surface area contributed by atoms with Crippen molar-refractivity contribution in [2.45, 2.75) is 19.1 Å². The first kappa shape index (κ1) is 13.7. The summed E-state index contributed by atoms with van der Waals surface area (Å²) >= 11 is 5.83. The van der Waals surface area contributed by atoms with Gasteiger partial charge in [-0.15, -0.1) is 0 Å². The van der Waals surface area contributed by atoms with Crippen LogP contribution in [0.1, 0.15) is 12.0 Å². The minimum Gasteiger partial charge on any atom is -0.396 e. The molecular formula is C13H17ClFNO2. The molecule has 1 atom stereocenters. The van der Waals surface area contributed by atoms with Gasteiger partial charge in [0.05, 0.1) is 12.7 Å². The average molecular weight is 274 g/mol. The molecule has 1 N–H and O–H groups in total. The zero-order chi connectivity index (χ0) is 13.0. The van der Waals surface area contributed by atoms with E-state index in [1.165, 1.54) is 12.1 Å². The van der Waals surface area contributed by atoms with Gasteiger partial charge in [-0.1, -0.05) is 11.6 Å². The van der Waals surface area contributed by atoms with Crippen molar-refractivity contribution in [3.05, 3.63) is 34.6 Å². The van der Waals surface area contributed by atoms with Gasteiger partial charge in [-0.25, -0.2) is 4.39 Å². The van der Waals surface area contributed by atoms with Crippen LogP contribution in [0.25, 0.3) is 0 Å². The molecule has 0 amide bonds. The van der Waals surface area contributed by atoms with E-state index in [0.717, 1.165) is 18.7 Å². The highest BCUT2D eigenvalue weighted by atomic mass is 35.5. The lowest BCUT2D eigenvalue weighted by Gasteiger charge is -2.32. The molecule has 1 saturated heterocycles. The van der Waals surface area contributed by atoms with Crippen molar-refractivity contribution < 1.29 is 14.2 Å². The van der Waals surface area contributed by atoms with Gasteiger partial charge < -0.3 is 9.84 Å². The summed E-state index contributed by atoms with van der Waals surface area (Å²) < 4.78 is 18.8. The van der Waals surface area contributed by atoms with E-state index in [9.17, 15) is 4.39 Å². The highest BCUT2D eigenvalue weighted by molar-refractivity contribution is 6.30.